The predicted octanol–water partition coefficient (Wildman–Crippen LogP) is -0.0214. The molecular weight excluding hydrogens is 140 g/mol. The van der Waals surface area contributed by atoms with Crippen molar-refractivity contribution >= 4 is 0 Å². The quantitative estimate of drug-likeness (QED) is 0.497. The van der Waals surface area contributed by atoms with Crippen molar-refractivity contribution < 1.29 is 4.74 Å². The summed E-state index contributed by atoms with van der Waals surface area (Å²) in [5.41, 5.74) is 0. The fourth-order valence-electron chi connectivity index (χ4n) is 1.63. The van der Waals surface area contributed by atoms with Crippen LogP contribution in [0, 0.1) is 0 Å². The van der Waals surface area contributed by atoms with E-state index in [1.54, 1.807) is 0 Å². The summed E-state index contributed by atoms with van der Waals surface area (Å²) in [6.45, 7) is 6.86. The van der Waals surface area contributed by atoms with Gasteiger partial charge in [-0.1, -0.05) is 0 Å². The zero-order chi connectivity index (χ0) is 7.84. The number of ether oxygens (including phenoxy) is 1. The minimum atomic E-state index is 0.448. The molecule has 3 heteroatoms. The van der Waals surface area contributed by atoms with E-state index < -0.39 is 0 Å². The molecule has 0 N–H and O–H groups in total. The summed E-state index contributed by atoms with van der Waals surface area (Å²) < 4.78 is 5.40. The van der Waals surface area contributed by atoms with Gasteiger partial charge in [0, 0.05) is 26.2 Å². The Morgan fingerprint density at radius 3 is 2.18 bits per heavy atom. The first-order valence-electron chi connectivity index (χ1n) is 4.35. The van der Waals surface area contributed by atoms with Gasteiger partial charge in [-0.2, -0.15) is 0 Å². The van der Waals surface area contributed by atoms with Gasteiger partial charge in [0.1, 0.15) is 6.23 Å². The lowest BCUT2D eigenvalue weighted by Gasteiger charge is -2.31. The minimum absolute atomic E-state index is 0.448. The van der Waals surface area contributed by atoms with Crippen LogP contribution in [-0.4, -0.2) is 55.4 Å². The molecular formula is C8H16N2O. The first-order chi connectivity index (χ1) is 5.27. The molecule has 2 aliphatic rings. The molecule has 2 heterocycles. The summed E-state index contributed by atoms with van der Waals surface area (Å²) in [6, 6.07) is 0. The Morgan fingerprint density at radius 2 is 1.73 bits per heavy atom. The van der Waals surface area contributed by atoms with Crippen LogP contribution in [0.3, 0.4) is 0 Å². The summed E-state index contributed by atoms with van der Waals surface area (Å²) in [5.74, 6) is 0. The van der Waals surface area contributed by atoms with Gasteiger partial charge in [-0.25, -0.2) is 0 Å². The van der Waals surface area contributed by atoms with Crippen LogP contribution in [0.15, 0.2) is 0 Å². The topological polar surface area (TPSA) is 19.0 Å². The second-order valence-corrected chi connectivity index (χ2v) is 3.57. The Kier molecular flexibility index (Phi) is 1.87. The van der Waals surface area contributed by atoms with Crippen LogP contribution in [0.1, 0.15) is 6.92 Å². The summed E-state index contributed by atoms with van der Waals surface area (Å²) in [7, 11) is 2.18. The van der Waals surface area contributed by atoms with Gasteiger partial charge in [-0.15, -0.1) is 0 Å². The first kappa shape index (κ1) is 7.53. The van der Waals surface area contributed by atoms with E-state index >= 15 is 0 Å². The van der Waals surface area contributed by atoms with Crippen LogP contribution in [-0.2, 0) is 4.74 Å². The molecule has 0 bridgehead atoms. The highest BCUT2D eigenvalue weighted by Crippen LogP contribution is 2.25. The van der Waals surface area contributed by atoms with Crippen molar-refractivity contribution in [2.75, 3.05) is 33.2 Å². The van der Waals surface area contributed by atoms with E-state index in [1.807, 2.05) is 0 Å². The van der Waals surface area contributed by atoms with Crippen LogP contribution in [0.25, 0.3) is 0 Å². The Morgan fingerprint density at radius 1 is 1.18 bits per heavy atom. The van der Waals surface area contributed by atoms with E-state index in [0.717, 1.165) is 0 Å². The van der Waals surface area contributed by atoms with Crippen molar-refractivity contribution in [3.8, 4) is 0 Å². The Hall–Kier alpha value is -0.120. The van der Waals surface area contributed by atoms with Crippen LogP contribution < -0.4 is 0 Å². The lowest BCUT2D eigenvalue weighted by molar-refractivity contribution is 0.105. The molecule has 2 fully saturated rings. The summed E-state index contributed by atoms with van der Waals surface area (Å²) in [6.07, 6.45) is 0.933. The van der Waals surface area contributed by atoms with E-state index in [1.165, 1.54) is 26.2 Å². The van der Waals surface area contributed by atoms with Crippen molar-refractivity contribution in [3.05, 3.63) is 0 Å². The van der Waals surface area contributed by atoms with Crippen LogP contribution >= 0.6 is 0 Å². The highest BCUT2D eigenvalue weighted by Gasteiger charge is 2.40. The van der Waals surface area contributed by atoms with E-state index in [4.69, 9.17) is 4.74 Å². The van der Waals surface area contributed by atoms with E-state index in [2.05, 4.69) is 23.8 Å². The molecule has 2 unspecified atom stereocenters. The molecule has 2 aliphatic heterocycles. The lowest BCUT2D eigenvalue weighted by Crippen LogP contribution is -2.46. The predicted molar refractivity (Wildman–Crippen MR) is 43.4 cm³/mol. The highest BCUT2D eigenvalue weighted by atomic mass is 16.6. The Bertz CT molecular complexity index is 143. The maximum atomic E-state index is 5.40. The van der Waals surface area contributed by atoms with Crippen molar-refractivity contribution in [3.63, 3.8) is 0 Å². The van der Waals surface area contributed by atoms with Crippen molar-refractivity contribution in [1.82, 2.24) is 9.80 Å². The number of hydrogen-bond acceptors (Lipinski definition) is 3. The standard InChI is InChI=1S/C8H16N2O/c1-7-8(11-7)10-5-3-9(2)4-6-10/h7-8H,3-6H2,1-2H3. The van der Waals surface area contributed by atoms with Gasteiger partial charge in [0.15, 0.2) is 0 Å². The molecule has 0 aromatic carbocycles. The Balaban J connectivity index is 1.79. The van der Waals surface area contributed by atoms with Gasteiger partial charge >= 0.3 is 0 Å². The SMILES string of the molecule is CC1OC1N1CCN(C)CC1. The van der Waals surface area contributed by atoms with Crippen LogP contribution in [0.5, 0.6) is 0 Å². The van der Waals surface area contributed by atoms with Gasteiger partial charge < -0.3 is 9.64 Å². The maximum absolute atomic E-state index is 5.40. The second kappa shape index (κ2) is 2.73. The zero-order valence-corrected chi connectivity index (χ0v) is 7.29. The van der Waals surface area contributed by atoms with Crippen LogP contribution in [0.4, 0.5) is 0 Å². The normalized spacial score (nSPS) is 40.9. The largest absolute Gasteiger partial charge is 0.353 e. The van der Waals surface area contributed by atoms with Gasteiger partial charge in [-0.3, -0.25) is 4.90 Å². The molecule has 0 aromatic rings. The third-order valence-electron chi connectivity index (χ3n) is 2.58. The molecule has 0 aromatic heterocycles. The van der Waals surface area contributed by atoms with Crippen molar-refractivity contribution in [1.29, 1.82) is 0 Å². The number of hydrogen-bond donors (Lipinski definition) is 0. The van der Waals surface area contributed by atoms with Gasteiger partial charge in [-0.05, 0) is 14.0 Å². The fraction of sp³-hybridized carbons (Fsp3) is 1.00. The minimum Gasteiger partial charge on any atom is -0.353 e. The van der Waals surface area contributed by atoms with E-state index in [0.29, 0.717) is 12.3 Å². The molecule has 0 saturated carbocycles. The molecule has 0 spiro atoms. The molecule has 11 heavy (non-hydrogen) atoms. The molecule has 2 rings (SSSR count). The molecule has 0 radical (unpaired) electrons. The molecule has 2 atom stereocenters. The zero-order valence-electron chi connectivity index (χ0n) is 7.29. The molecule has 0 aliphatic carbocycles. The average molecular weight is 156 g/mol. The van der Waals surface area contributed by atoms with E-state index in [-0.39, 0.29) is 0 Å². The fourth-order valence-corrected chi connectivity index (χ4v) is 1.63. The molecule has 3 nitrogen and oxygen atoms in total. The number of nitrogens with zero attached hydrogens (tertiary/aromatic N) is 2. The lowest BCUT2D eigenvalue weighted by atomic mass is 10.3. The van der Waals surface area contributed by atoms with Gasteiger partial charge in [0.25, 0.3) is 0 Å². The number of likely N-dealkylation sites (N-methyl/N-ethyl adjacent to an activating group) is 1. The first-order valence-corrected chi connectivity index (χ1v) is 4.35. The van der Waals surface area contributed by atoms with Crippen molar-refractivity contribution in [2.24, 2.45) is 0 Å². The number of piperazine rings is 1. The van der Waals surface area contributed by atoms with Crippen LogP contribution in [0.2, 0.25) is 0 Å². The van der Waals surface area contributed by atoms with Crippen molar-refractivity contribution in [2.45, 2.75) is 19.3 Å². The summed E-state index contributed by atoms with van der Waals surface area (Å²) in [4.78, 5) is 4.80. The number of epoxide rings is 1. The molecule has 0 amide bonds. The van der Waals surface area contributed by atoms with E-state index in [9.17, 15) is 0 Å². The maximum Gasteiger partial charge on any atom is 0.137 e. The monoisotopic (exact) mass is 156 g/mol. The Labute approximate surface area is 67.9 Å². The molecule has 64 valence electrons. The smallest absolute Gasteiger partial charge is 0.137 e. The van der Waals surface area contributed by atoms with Gasteiger partial charge in [0.05, 0.1) is 6.10 Å². The highest BCUT2D eigenvalue weighted by molar-refractivity contribution is 4.84. The number of rotatable bonds is 1. The third kappa shape index (κ3) is 1.55. The van der Waals surface area contributed by atoms with Gasteiger partial charge in [0.2, 0.25) is 0 Å². The average Bonchev–Trinajstić information content (AvgIpc) is 2.69. The molecule has 2 saturated heterocycles. The second-order valence-electron chi connectivity index (χ2n) is 3.57. The summed E-state index contributed by atoms with van der Waals surface area (Å²) in [5, 5.41) is 0. The third-order valence-corrected chi connectivity index (χ3v) is 2.58. The summed E-state index contributed by atoms with van der Waals surface area (Å²) >= 11 is 0.